The van der Waals surface area contributed by atoms with Crippen molar-refractivity contribution in [1.29, 1.82) is 0 Å². The number of carbonyl (C=O) groups excluding carboxylic acids is 2. The van der Waals surface area contributed by atoms with Crippen molar-refractivity contribution in [3.63, 3.8) is 0 Å². The maximum absolute atomic E-state index is 12.8. The molecule has 29 heavy (non-hydrogen) atoms. The Morgan fingerprint density at radius 1 is 1.03 bits per heavy atom. The van der Waals surface area contributed by atoms with Gasteiger partial charge in [-0.05, 0) is 74.6 Å². The van der Waals surface area contributed by atoms with E-state index in [1.807, 2.05) is 29.2 Å². The summed E-state index contributed by atoms with van der Waals surface area (Å²) in [4.78, 5) is 27.4. The fraction of sp³-hybridized carbons (Fsp3) is 0.652. The molecule has 2 aliphatic carbocycles. The van der Waals surface area contributed by atoms with E-state index in [1.165, 1.54) is 6.42 Å². The molecule has 2 bridgehead atoms. The number of benzene rings is 1. The Labute approximate surface area is 181 Å². The Kier molecular flexibility index (Phi) is 8.97. The largest absolute Gasteiger partial charge is 0.339 e. The molecule has 2 unspecified atom stereocenters. The van der Waals surface area contributed by atoms with Crippen LogP contribution in [0.5, 0.6) is 0 Å². The summed E-state index contributed by atoms with van der Waals surface area (Å²) in [5.41, 5.74) is 7.79. The van der Waals surface area contributed by atoms with Crippen molar-refractivity contribution >= 4 is 29.9 Å². The molecule has 2 fully saturated rings. The van der Waals surface area contributed by atoms with E-state index in [-0.39, 0.29) is 36.2 Å². The molecule has 2 aliphatic rings. The normalized spacial score (nSPS) is 25.6. The molecule has 3 N–H and O–H groups in total. The van der Waals surface area contributed by atoms with Crippen LogP contribution in [0.3, 0.4) is 0 Å². The first kappa shape index (κ1) is 23.7. The fourth-order valence-electron chi connectivity index (χ4n) is 4.98. The number of anilines is 1. The molecule has 0 radical (unpaired) electrons. The summed E-state index contributed by atoms with van der Waals surface area (Å²) in [6, 6.07) is 7.61. The van der Waals surface area contributed by atoms with Gasteiger partial charge in [0.1, 0.15) is 0 Å². The van der Waals surface area contributed by atoms with Crippen LogP contribution in [0.1, 0.15) is 69.2 Å². The van der Waals surface area contributed by atoms with Gasteiger partial charge in [-0.2, -0.15) is 0 Å². The topological polar surface area (TPSA) is 75.4 Å². The van der Waals surface area contributed by atoms with Crippen molar-refractivity contribution in [3.8, 4) is 0 Å². The van der Waals surface area contributed by atoms with Crippen LogP contribution in [0.25, 0.3) is 0 Å². The van der Waals surface area contributed by atoms with Crippen LogP contribution in [0, 0.1) is 17.8 Å². The average Bonchev–Trinajstić information content (AvgIpc) is 2.67. The minimum Gasteiger partial charge on any atom is -0.339 e. The number of hydrogen-bond acceptors (Lipinski definition) is 3. The highest BCUT2D eigenvalue weighted by Gasteiger charge is 2.40. The summed E-state index contributed by atoms with van der Waals surface area (Å²) in [6.45, 7) is 5.72. The number of nitrogens with one attached hydrogen (secondary N) is 1. The average molecular weight is 422 g/mol. The van der Waals surface area contributed by atoms with E-state index >= 15 is 0 Å². The molecule has 0 saturated heterocycles. The van der Waals surface area contributed by atoms with E-state index in [2.05, 4.69) is 19.2 Å². The van der Waals surface area contributed by atoms with Crippen molar-refractivity contribution in [2.75, 3.05) is 18.4 Å². The van der Waals surface area contributed by atoms with Crippen LogP contribution in [-0.4, -0.2) is 35.8 Å². The molecular weight excluding hydrogens is 386 g/mol. The predicted octanol–water partition coefficient (Wildman–Crippen LogP) is 4.46. The van der Waals surface area contributed by atoms with E-state index < -0.39 is 0 Å². The second kappa shape index (κ2) is 11.0. The monoisotopic (exact) mass is 421 g/mol. The van der Waals surface area contributed by atoms with Gasteiger partial charge in [0.05, 0.1) is 0 Å². The third-order valence-electron chi connectivity index (χ3n) is 6.46. The quantitative estimate of drug-likeness (QED) is 0.682. The smallest absolute Gasteiger partial charge is 0.253 e. The summed E-state index contributed by atoms with van der Waals surface area (Å²) in [7, 11) is 0. The van der Waals surface area contributed by atoms with Crippen LogP contribution >= 0.6 is 12.4 Å². The second-order valence-electron chi connectivity index (χ2n) is 8.56. The summed E-state index contributed by atoms with van der Waals surface area (Å²) >= 11 is 0. The van der Waals surface area contributed by atoms with Gasteiger partial charge in [-0.3, -0.25) is 9.59 Å². The number of nitrogens with zero attached hydrogens (tertiary/aromatic N) is 1. The first-order valence-electron chi connectivity index (χ1n) is 11.0. The SMILES string of the molecule is CCCN(CCC)C(=O)c1ccc(NC(=O)C2CC3CCCC(C2)C3N)cc1.Cl. The lowest BCUT2D eigenvalue weighted by Crippen LogP contribution is -2.48. The summed E-state index contributed by atoms with van der Waals surface area (Å²) in [6.07, 6.45) is 7.28. The van der Waals surface area contributed by atoms with E-state index in [0.717, 1.165) is 57.3 Å². The zero-order chi connectivity index (χ0) is 20.1. The van der Waals surface area contributed by atoms with Crippen molar-refractivity contribution in [1.82, 2.24) is 4.90 Å². The zero-order valence-corrected chi connectivity index (χ0v) is 18.5. The molecule has 2 saturated carbocycles. The Morgan fingerprint density at radius 2 is 1.59 bits per heavy atom. The Morgan fingerprint density at radius 3 is 2.10 bits per heavy atom. The van der Waals surface area contributed by atoms with Crippen molar-refractivity contribution in [2.45, 2.75) is 64.8 Å². The van der Waals surface area contributed by atoms with Gasteiger partial charge in [0, 0.05) is 36.3 Å². The van der Waals surface area contributed by atoms with Crippen LogP contribution in [0.4, 0.5) is 5.69 Å². The van der Waals surface area contributed by atoms with Gasteiger partial charge in [-0.25, -0.2) is 0 Å². The summed E-state index contributed by atoms with van der Waals surface area (Å²) in [5.74, 6) is 1.20. The molecule has 1 aromatic carbocycles. The second-order valence-corrected chi connectivity index (χ2v) is 8.56. The lowest BCUT2D eigenvalue weighted by molar-refractivity contribution is -0.122. The van der Waals surface area contributed by atoms with E-state index in [4.69, 9.17) is 5.73 Å². The lowest BCUT2D eigenvalue weighted by Gasteiger charge is -2.43. The fourth-order valence-corrected chi connectivity index (χ4v) is 4.98. The molecule has 1 aromatic rings. The van der Waals surface area contributed by atoms with Gasteiger partial charge in [0.25, 0.3) is 5.91 Å². The van der Waals surface area contributed by atoms with Crippen molar-refractivity contribution in [3.05, 3.63) is 29.8 Å². The van der Waals surface area contributed by atoms with E-state index in [0.29, 0.717) is 17.4 Å². The molecule has 0 spiro atoms. The Hall–Kier alpha value is -1.59. The Balaban J connectivity index is 0.00000300. The number of hydrogen-bond donors (Lipinski definition) is 2. The molecule has 3 rings (SSSR count). The third-order valence-corrected chi connectivity index (χ3v) is 6.46. The van der Waals surface area contributed by atoms with Crippen molar-refractivity contribution in [2.24, 2.45) is 23.5 Å². The predicted molar refractivity (Wildman–Crippen MR) is 120 cm³/mol. The van der Waals surface area contributed by atoms with Gasteiger partial charge in [-0.15, -0.1) is 12.4 Å². The van der Waals surface area contributed by atoms with Crippen LogP contribution in [-0.2, 0) is 4.79 Å². The highest BCUT2D eigenvalue weighted by molar-refractivity contribution is 5.96. The maximum atomic E-state index is 12.8. The minimum absolute atomic E-state index is 0. The molecule has 6 heteroatoms. The van der Waals surface area contributed by atoms with Gasteiger partial charge < -0.3 is 16.0 Å². The lowest BCUT2D eigenvalue weighted by atomic mass is 9.65. The maximum Gasteiger partial charge on any atom is 0.253 e. The number of rotatable bonds is 7. The van der Waals surface area contributed by atoms with Gasteiger partial charge in [-0.1, -0.05) is 20.3 Å². The number of carbonyl (C=O) groups is 2. The van der Waals surface area contributed by atoms with Crippen LogP contribution in [0.15, 0.2) is 24.3 Å². The highest BCUT2D eigenvalue weighted by Crippen LogP contribution is 2.42. The molecule has 2 atom stereocenters. The molecule has 5 nitrogen and oxygen atoms in total. The highest BCUT2D eigenvalue weighted by atomic mass is 35.5. The van der Waals surface area contributed by atoms with Gasteiger partial charge in [0.2, 0.25) is 5.91 Å². The standard InChI is InChI=1S/C23H35N3O2.ClH/c1-3-12-26(13-4-2)23(28)16-8-10-20(11-9-16)25-22(27)19-14-17-6-5-7-18(15-19)21(17)24;/h8-11,17-19,21H,3-7,12-15,24H2,1-2H3,(H,25,27);1H. The first-order chi connectivity index (χ1) is 13.5. The number of fused-ring (bicyclic) bond motifs is 2. The third kappa shape index (κ3) is 5.73. The molecule has 162 valence electrons. The van der Waals surface area contributed by atoms with Crippen LogP contribution in [0.2, 0.25) is 0 Å². The molecule has 0 aliphatic heterocycles. The van der Waals surface area contributed by atoms with E-state index in [9.17, 15) is 9.59 Å². The molecule has 0 heterocycles. The number of halogens is 1. The van der Waals surface area contributed by atoms with Gasteiger partial charge >= 0.3 is 0 Å². The number of nitrogens with two attached hydrogens (primary N) is 1. The molecule has 0 aromatic heterocycles. The molecular formula is C23H36ClN3O2. The Bertz CT molecular complexity index is 659. The van der Waals surface area contributed by atoms with Crippen LogP contribution < -0.4 is 11.1 Å². The number of amides is 2. The minimum atomic E-state index is 0. The summed E-state index contributed by atoms with van der Waals surface area (Å²) < 4.78 is 0. The zero-order valence-electron chi connectivity index (χ0n) is 17.7. The first-order valence-corrected chi connectivity index (χ1v) is 11.0. The van der Waals surface area contributed by atoms with Gasteiger partial charge in [0.15, 0.2) is 0 Å². The summed E-state index contributed by atoms with van der Waals surface area (Å²) in [5, 5.41) is 3.06. The molecule has 2 amide bonds. The van der Waals surface area contributed by atoms with E-state index in [1.54, 1.807) is 0 Å². The van der Waals surface area contributed by atoms with Crippen molar-refractivity contribution < 1.29 is 9.59 Å².